The summed E-state index contributed by atoms with van der Waals surface area (Å²) in [5.41, 5.74) is 0.893. The summed E-state index contributed by atoms with van der Waals surface area (Å²) in [5.74, 6) is 0.784. The molecule has 0 atom stereocenters. The Morgan fingerprint density at radius 3 is 3.08 bits per heavy atom. The summed E-state index contributed by atoms with van der Waals surface area (Å²) < 4.78 is 5.15. The normalized spacial score (nSPS) is 10.5. The minimum absolute atomic E-state index is 0.470. The van der Waals surface area contributed by atoms with Gasteiger partial charge in [-0.25, -0.2) is 4.98 Å². The fourth-order valence-electron chi connectivity index (χ4n) is 1.06. The van der Waals surface area contributed by atoms with Crippen LogP contribution in [0.25, 0.3) is 10.9 Å². The van der Waals surface area contributed by atoms with E-state index < -0.39 is 0 Å². The van der Waals surface area contributed by atoms with Crippen LogP contribution in [-0.4, -0.2) is 12.1 Å². The molecule has 2 aromatic heterocycles. The highest BCUT2D eigenvalue weighted by Crippen LogP contribution is 2.29. The fraction of sp³-hybridized carbons (Fsp3) is 0.125. The predicted molar refractivity (Wildman–Crippen MR) is 51.2 cm³/mol. The Labute approximate surface area is 78.8 Å². The van der Waals surface area contributed by atoms with Gasteiger partial charge in [-0.3, -0.25) is 0 Å². The summed E-state index contributed by atoms with van der Waals surface area (Å²) in [5, 5.41) is 5.44. The highest BCUT2D eigenvalue weighted by molar-refractivity contribution is 7.09. The van der Waals surface area contributed by atoms with Crippen molar-refractivity contribution in [2.24, 2.45) is 0 Å². The molecule has 0 N–H and O–H groups in total. The van der Waals surface area contributed by atoms with E-state index >= 15 is 0 Å². The molecular formula is C8H6ClNOS. The number of ether oxygens (including phenoxy) is 1. The van der Waals surface area contributed by atoms with Crippen LogP contribution in [0.3, 0.4) is 0 Å². The van der Waals surface area contributed by atoms with Gasteiger partial charge in [-0.15, -0.1) is 11.3 Å². The maximum absolute atomic E-state index is 5.77. The first-order valence-corrected chi connectivity index (χ1v) is 4.70. The average molecular weight is 200 g/mol. The summed E-state index contributed by atoms with van der Waals surface area (Å²) in [6.45, 7) is 0. The molecule has 0 fully saturated rings. The maximum atomic E-state index is 5.77. The molecule has 62 valence electrons. The van der Waals surface area contributed by atoms with Crippen molar-refractivity contribution in [2.45, 2.75) is 0 Å². The standard InChI is InChI=1S/C8H6ClNOS/c1-11-7-2-8(9)10-6-4-12-3-5(6)7/h2-4H,1H3. The molecular weight excluding hydrogens is 194 g/mol. The molecule has 0 unspecified atom stereocenters. The number of aromatic nitrogens is 1. The van der Waals surface area contributed by atoms with Crippen molar-refractivity contribution >= 4 is 33.8 Å². The van der Waals surface area contributed by atoms with Crippen LogP contribution in [0.2, 0.25) is 5.15 Å². The number of halogens is 1. The molecule has 0 saturated carbocycles. The second-order valence-electron chi connectivity index (χ2n) is 2.32. The van der Waals surface area contributed by atoms with Gasteiger partial charge in [0.2, 0.25) is 0 Å². The van der Waals surface area contributed by atoms with Crippen molar-refractivity contribution in [1.29, 1.82) is 0 Å². The molecule has 0 bridgehead atoms. The SMILES string of the molecule is COc1cc(Cl)nc2cscc12. The second kappa shape index (κ2) is 2.92. The fourth-order valence-corrected chi connectivity index (χ4v) is 2.00. The third-order valence-corrected chi connectivity index (χ3v) is 2.53. The van der Waals surface area contributed by atoms with Crippen LogP contribution in [0.4, 0.5) is 0 Å². The van der Waals surface area contributed by atoms with E-state index in [1.165, 1.54) is 0 Å². The molecule has 0 aliphatic carbocycles. The van der Waals surface area contributed by atoms with Crippen molar-refractivity contribution < 1.29 is 4.74 Å². The van der Waals surface area contributed by atoms with Crippen LogP contribution in [0.5, 0.6) is 5.75 Å². The maximum Gasteiger partial charge on any atom is 0.133 e. The van der Waals surface area contributed by atoms with E-state index in [0.717, 1.165) is 16.7 Å². The van der Waals surface area contributed by atoms with Crippen molar-refractivity contribution in [3.05, 3.63) is 22.0 Å². The number of thiophene rings is 1. The van der Waals surface area contributed by atoms with Crippen molar-refractivity contribution in [3.63, 3.8) is 0 Å². The summed E-state index contributed by atoms with van der Waals surface area (Å²) in [7, 11) is 1.63. The van der Waals surface area contributed by atoms with Crippen molar-refractivity contribution in [1.82, 2.24) is 4.98 Å². The number of pyridine rings is 1. The third-order valence-electron chi connectivity index (χ3n) is 1.60. The van der Waals surface area contributed by atoms with Gasteiger partial charge < -0.3 is 4.74 Å². The Hall–Kier alpha value is -0.800. The van der Waals surface area contributed by atoms with E-state index in [1.54, 1.807) is 24.5 Å². The number of hydrogen-bond acceptors (Lipinski definition) is 3. The van der Waals surface area contributed by atoms with Crippen LogP contribution in [0.1, 0.15) is 0 Å². The minimum atomic E-state index is 0.470. The number of methoxy groups -OCH3 is 1. The molecule has 2 aromatic rings. The monoisotopic (exact) mass is 199 g/mol. The van der Waals surface area contributed by atoms with E-state index in [4.69, 9.17) is 16.3 Å². The lowest BCUT2D eigenvalue weighted by Gasteiger charge is -2.00. The Balaban J connectivity index is 2.80. The molecule has 0 amide bonds. The summed E-state index contributed by atoms with van der Waals surface area (Å²) in [4.78, 5) is 4.14. The van der Waals surface area contributed by atoms with Crippen LogP contribution < -0.4 is 4.74 Å². The number of hydrogen-bond donors (Lipinski definition) is 0. The van der Waals surface area contributed by atoms with Crippen LogP contribution in [0.15, 0.2) is 16.8 Å². The highest BCUT2D eigenvalue weighted by Gasteiger charge is 2.04. The van der Waals surface area contributed by atoms with Gasteiger partial charge in [0.25, 0.3) is 0 Å². The van der Waals surface area contributed by atoms with E-state index in [0.29, 0.717) is 5.15 Å². The topological polar surface area (TPSA) is 22.1 Å². The van der Waals surface area contributed by atoms with Crippen LogP contribution >= 0.6 is 22.9 Å². The van der Waals surface area contributed by atoms with Crippen LogP contribution in [-0.2, 0) is 0 Å². The smallest absolute Gasteiger partial charge is 0.133 e. The Bertz CT molecular complexity index is 412. The van der Waals surface area contributed by atoms with Gasteiger partial charge in [-0.1, -0.05) is 11.6 Å². The van der Waals surface area contributed by atoms with Gasteiger partial charge in [0.15, 0.2) is 0 Å². The Kier molecular flexibility index (Phi) is 1.90. The van der Waals surface area contributed by atoms with E-state index in [-0.39, 0.29) is 0 Å². The molecule has 2 nitrogen and oxygen atoms in total. The quantitative estimate of drug-likeness (QED) is 0.659. The molecule has 0 aliphatic heterocycles. The van der Waals surface area contributed by atoms with Crippen molar-refractivity contribution in [2.75, 3.05) is 7.11 Å². The highest BCUT2D eigenvalue weighted by atomic mass is 35.5. The lowest BCUT2D eigenvalue weighted by molar-refractivity contribution is 0.419. The largest absolute Gasteiger partial charge is 0.496 e. The molecule has 0 spiro atoms. The molecule has 0 aliphatic rings. The Morgan fingerprint density at radius 2 is 2.33 bits per heavy atom. The summed E-state index contributed by atoms with van der Waals surface area (Å²) in [6, 6.07) is 1.72. The lowest BCUT2D eigenvalue weighted by Crippen LogP contribution is -1.85. The molecule has 12 heavy (non-hydrogen) atoms. The molecule has 2 heterocycles. The van der Waals surface area contributed by atoms with Gasteiger partial charge in [0.05, 0.1) is 18.0 Å². The van der Waals surface area contributed by atoms with Gasteiger partial charge >= 0.3 is 0 Å². The zero-order valence-electron chi connectivity index (χ0n) is 6.37. The van der Waals surface area contributed by atoms with Gasteiger partial charge in [-0.05, 0) is 0 Å². The van der Waals surface area contributed by atoms with E-state index in [9.17, 15) is 0 Å². The van der Waals surface area contributed by atoms with Gasteiger partial charge in [0.1, 0.15) is 10.9 Å². The second-order valence-corrected chi connectivity index (χ2v) is 3.45. The molecule has 0 saturated heterocycles. The average Bonchev–Trinajstić information content (AvgIpc) is 2.50. The predicted octanol–water partition coefficient (Wildman–Crippen LogP) is 2.96. The minimum Gasteiger partial charge on any atom is -0.496 e. The van der Waals surface area contributed by atoms with Gasteiger partial charge in [0, 0.05) is 16.8 Å². The third kappa shape index (κ3) is 1.15. The molecule has 2 rings (SSSR count). The zero-order chi connectivity index (χ0) is 8.55. The van der Waals surface area contributed by atoms with Gasteiger partial charge in [-0.2, -0.15) is 0 Å². The van der Waals surface area contributed by atoms with Crippen molar-refractivity contribution in [3.8, 4) is 5.75 Å². The zero-order valence-corrected chi connectivity index (χ0v) is 7.95. The van der Waals surface area contributed by atoms with E-state index in [1.807, 2.05) is 10.8 Å². The number of fused-ring (bicyclic) bond motifs is 1. The molecule has 0 radical (unpaired) electrons. The Morgan fingerprint density at radius 1 is 1.50 bits per heavy atom. The first-order chi connectivity index (χ1) is 5.81. The molecule has 0 aromatic carbocycles. The first-order valence-electron chi connectivity index (χ1n) is 3.37. The molecule has 4 heteroatoms. The van der Waals surface area contributed by atoms with E-state index in [2.05, 4.69) is 4.98 Å². The lowest BCUT2D eigenvalue weighted by atomic mass is 10.3. The summed E-state index contributed by atoms with van der Waals surface area (Å²) >= 11 is 7.36. The number of nitrogens with zero attached hydrogens (tertiary/aromatic N) is 1. The summed E-state index contributed by atoms with van der Waals surface area (Å²) in [6.07, 6.45) is 0. The number of rotatable bonds is 1. The first kappa shape index (κ1) is 7.83. The van der Waals surface area contributed by atoms with Crippen LogP contribution in [0, 0.1) is 0 Å².